The van der Waals surface area contributed by atoms with Crippen LogP contribution in [0.5, 0.6) is 5.75 Å². The smallest absolute Gasteiger partial charge is 0.154 e. The molecule has 0 aliphatic rings. The van der Waals surface area contributed by atoms with Gasteiger partial charge in [0.05, 0.1) is 0 Å². The number of para-hydroxylation sites is 1. The maximum absolute atomic E-state index is 9.14. The van der Waals surface area contributed by atoms with Gasteiger partial charge in [-0.3, -0.25) is 0 Å². The van der Waals surface area contributed by atoms with Crippen LogP contribution in [0.1, 0.15) is 0 Å². The Labute approximate surface area is 72.5 Å². The molecule has 0 saturated heterocycles. The fourth-order valence-corrected chi connectivity index (χ4v) is 0.853. The van der Waals surface area contributed by atoms with Gasteiger partial charge in [-0.15, -0.1) is 0 Å². The predicted molar refractivity (Wildman–Crippen MR) is 35.6 cm³/mol. The number of H-pyrrole nitrogens is 1. The Morgan fingerprint density at radius 3 is 2.82 bits per heavy atom. The van der Waals surface area contributed by atoms with E-state index in [1.54, 1.807) is 18.2 Å². The van der Waals surface area contributed by atoms with Crippen LogP contribution in [0.4, 0.5) is 0 Å². The number of aromatic hydroxyl groups is 1. The number of fused-ring (bicyclic) bond motifs is 1. The van der Waals surface area contributed by atoms with Gasteiger partial charge >= 0.3 is 0 Å². The minimum absolute atomic E-state index is 0. The van der Waals surface area contributed by atoms with E-state index in [1.165, 1.54) is 0 Å². The van der Waals surface area contributed by atoms with Gasteiger partial charge in [-0.1, -0.05) is 6.07 Å². The van der Waals surface area contributed by atoms with E-state index in [9.17, 15) is 0 Å². The molecule has 11 heavy (non-hydrogen) atoms. The van der Waals surface area contributed by atoms with Crippen LogP contribution >= 0.6 is 0 Å². The van der Waals surface area contributed by atoms with Crippen LogP contribution in [0.3, 0.4) is 0 Å². The van der Waals surface area contributed by atoms with Crippen molar-refractivity contribution in [2.45, 2.75) is 0 Å². The first-order chi connectivity index (χ1) is 4.88. The molecule has 0 fully saturated rings. The first-order valence-corrected chi connectivity index (χ1v) is 2.86. The molecule has 0 atom stereocenters. The molecular weight excluding hydrogens is 189 g/mol. The maximum Gasteiger partial charge on any atom is 0.154 e. The quantitative estimate of drug-likeness (QED) is 0.605. The first kappa shape index (κ1) is 8.01. The van der Waals surface area contributed by atoms with Gasteiger partial charge in [0.25, 0.3) is 0 Å². The summed E-state index contributed by atoms with van der Waals surface area (Å²) in [6, 6.07) is 5.07. The maximum atomic E-state index is 9.14. The third kappa shape index (κ3) is 1.19. The van der Waals surface area contributed by atoms with Crippen LogP contribution in [0, 0.1) is 0 Å². The van der Waals surface area contributed by atoms with E-state index >= 15 is 0 Å². The summed E-state index contributed by atoms with van der Waals surface area (Å²) in [5, 5.41) is 19.1. The van der Waals surface area contributed by atoms with Gasteiger partial charge in [-0.25, -0.2) is 0 Å². The molecule has 5 heteroatoms. The summed E-state index contributed by atoms with van der Waals surface area (Å²) < 4.78 is 0. The number of phenols is 1. The Bertz CT molecular complexity index is 359. The molecule has 0 aliphatic heterocycles. The van der Waals surface area contributed by atoms with E-state index in [2.05, 4.69) is 15.4 Å². The fourth-order valence-electron chi connectivity index (χ4n) is 0.853. The second kappa shape index (κ2) is 2.88. The average molecular weight is 194 g/mol. The van der Waals surface area contributed by atoms with Gasteiger partial charge in [0.2, 0.25) is 0 Å². The van der Waals surface area contributed by atoms with Crippen molar-refractivity contribution in [3.8, 4) is 5.75 Å². The van der Waals surface area contributed by atoms with Crippen molar-refractivity contribution >= 4 is 11.0 Å². The van der Waals surface area contributed by atoms with E-state index < -0.39 is 0 Å². The van der Waals surface area contributed by atoms with Crippen molar-refractivity contribution < 1.29 is 21.6 Å². The van der Waals surface area contributed by atoms with Crippen molar-refractivity contribution in [1.82, 2.24) is 15.4 Å². The summed E-state index contributed by atoms with van der Waals surface area (Å²) in [5.41, 5.74) is 1.20. The van der Waals surface area contributed by atoms with Crippen molar-refractivity contribution in [3.63, 3.8) is 0 Å². The topological polar surface area (TPSA) is 61.8 Å². The Hall–Kier alpha value is -1.09. The van der Waals surface area contributed by atoms with Crippen LogP contribution < -0.4 is 0 Å². The molecule has 2 aromatic rings. The van der Waals surface area contributed by atoms with Crippen molar-refractivity contribution in [3.05, 3.63) is 18.2 Å². The Morgan fingerprint density at radius 1 is 1.27 bits per heavy atom. The number of aromatic nitrogens is 3. The van der Waals surface area contributed by atoms with E-state index in [1.807, 2.05) is 0 Å². The minimum Gasteiger partial charge on any atom is -0.506 e. The normalized spacial score (nSPS) is 9.45. The number of hydrogen-bond acceptors (Lipinski definition) is 3. The summed E-state index contributed by atoms with van der Waals surface area (Å²) >= 11 is 0. The van der Waals surface area contributed by atoms with Crippen LogP contribution in [-0.2, 0) is 16.5 Å². The van der Waals surface area contributed by atoms with Crippen molar-refractivity contribution in [2.24, 2.45) is 0 Å². The molecule has 0 radical (unpaired) electrons. The number of phenolic OH excluding ortho intramolecular Hbond substituents is 1. The molecule has 60 valence electrons. The largest absolute Gasteiger partial charge is 0.506 e. The summed E-state index contributed by atoms with van der Waals surface area (Å²) in [6.45, 7) is 0. The summed E-state index contributed by atoms with van der Waals surface area (Å²) in [5.74, 6) is 0.159. The molecule has 0 aliphatic carbocycles. The number of nitrogens with one attached hydrogen (secondary N) is 1. The third-order valence-electron chi connectivity index (χ3n) is 1.33. The monoisotopic (exact) mass is 193 g/mol. The average Bonchev–Trinajstić information content (AvgIpc) is 2.36. The third-order valence-corrected chi connectivity index (χ3v) is 1.33. The summed E-state index contributed by atoms with van der Waals surface area (Å²) in [7, 11) is 0. The molecule has 0 bridgehead atoms. The van der Waals surface area contributed by atoms with E-state index in [4.69, 9.17) is 5.11 Å². The number of hydrogen-bond donors (Lipinski definition) is 2. The fraction of sp³-hybridized carbons (Fsp3) is 0. The van der Waals surface area contributed by atoms with Crippen molar-refractivity contribution in [2.75, 3.05) is 0 Å². The predicted octanol–water partition coefficient (Wildman–Crippen LogP) is 0.661. The number of aromatic amines is 1. The van der Waals surface area contributed by atoms with E-state index in [-0.39, 0.29) is 22.2 Å². The SMILES string of the molecule is Oc1cccc2n[nH]nc12.[Ni]. The molecule has 1 aromatic heterocycles. The molecular formula is C6H5N3NiO. The summed E-state index contributed by atoms with van der Waals surface area (Å²) in [6.07, 6.45) is 0. The minimum atomic E-state index is 0. The van der Waals surface area contributed by atoms with Crippen LogP contribution in [-0.4, -0.2) is 20.5 Å². The standard InChI is InChI=1S/C6H5N3O.Ni/c10-5-3-1-2-4-6(5)8-9-7-4;/h1-3,10H,(H,7,8,9);. The van der Waals surface area contributed by atoms with Crippen LogP contribution in [0.25, 0.3) is 11.0 Å². The van der Waals surface area contributed by atoms with Gasteiger partial charge in [0.15, 0.2) is 5.52 Å². The zero-order valence-electron chi connectivity index (χ0n) is 5.39. The van der Waals surface area contributed by atoms with Gasteiger partial charge < -0.3 is 5.11 Å². The molecule has 1 heterocycles. The second-order valence-corrected chi connectivity index (χ2v) is 1.97. The number of benzene rings is 1. The molecule has 0 unspecified atom stereocenters. The Balaban J connectivity index is 0.000000605. The second-order valence-electron chi connectivity index (χ2n) is 1.97. The Morgan fingerprint density at radius 2 is 2.09 bits per heavy atom. The van der Waals surface area contributed by atoms with Crippen molar-refractivity contribution in [1.29, 1.82) is 0 Å². The molecule has 1 aromatic carbocycles. The van der Waals surface area contributed by atoms with Crippen LogP contribution in [0.2, 0.25) is 0 Å². The molecule has 4 nitrogen and oxygen atoms in total. The van der Waals surface area contributed by atoms with E-state index in [0.717, 1.165) is 0 Å². The molecule has 2 rings (SSSR count). The summed E-state index contributed by atoms with van der Waals surface area (Å²) in [4.78, 5) is 0. The van der Waals surface area contributed by atoms with Gasteiger partial charge in [-0.05, 0) is 12.1 Å². The van der Waals surface area contributed by atoms with Crippen LogP contribution in [0.15, 0.2) is 18.2 Å². The molecule has 0 amide bonds. The van der Waals surface area contributed by atoms with Gasteiger partial charge in [0.1, 0.15) is 11.3 Å². The Kier molecular flexibility index (Phi) is 2.10. The molecule has 0 spiro atoms. The van der Waals surface area contributed by atoms with Gasteiger partial charge in [-0.2, -0.15) is 15.4 Å². The first-order valence-electron chi connectivity index (χ1n) is 2.86. The molecule has 0 saturated carbocycles. The molecule has 2 N–H and O–H groups in total. The van der Waals surface area contributed by atoms with E-state index in [0.29, 0.717) is 11.0 Å². The number of nitrogens with zero attached hydrogens (tertiary/aromatic N) is 2. The number of rotatable bonds is 0. The van der Waals surface area contributed by atoms with Gasteiger partial charge in [0, 0.05) is 16.5 Å². The zero-order valence-corrected chi connectivity index (χ0v) is 6.38. The zero-order chi connectivity index (χ0) is 6.97.